The van der Waals surface area contributed by atoms with Crippen molar-refractivity contribution < 1.29 is 4.79 Å². The summed E-state index contributed by atoms with van der Waals surface area (Å²) in [5, 5.41) is 4.46. The van der Waals surface area contributed by atoms with Gasteiger partial charge in [-0.05, 0) is 64.5 Å². The van der Waals surface area contributed by atoms with E-state index >= 15 is 0 Å². The Morgan fingerprint density at radius 3 is 2.37 bits per heavy atom. The van der Waals surface area contributed by atoms with Gasteiger partial charge in [0.05, 0.1) is 11.3 Å². The molecule has 3 rings (SSSR count). The molecule has 0 aliphatic rings. The lowest BCUT2D eigenvalue weighted by atomic mass is 10.1. The number of aryl methyl sites for hydroxylation is 3. The molecular weight excluding hydrogens is 374 g/mol. The van der Waals surface area contributed by atoms with Gasteiger partial charge < -0.3 is 9.80 Å². The normalized spacial score (nSPS) is 11.1. The van der Waals surface area contributed by atoms with Crippen molar-refractivity contribution in [3.8, 4) is 5.82 Å². The van der Waals surface area contributed by atoms with Crippen LogP contribution >= 0.6 is 0 Å². The van der Waals surface area contributed by atoms with Crippen LogP contribution < -0.4 is 0 Å². The number of likely N-dealkylation sites (N-methyl/N-ethyl adjacent to an activating group) is 1. The van der Waals surface area contributed by atoms with Gasteiger partial charge in [-0.3, -0.25) is 4.79 Å². The number of rotatable bonds is 9. The number of aromatic nitrogens is 3. The maximum absolute atomic E-state index is 13.2. The van der Waals surface area contributed by atoms with Crippen LogP contribution in [-0.2, 0) is 6.42 Å². The van der Waals surface area contributed by atoms with Crippen molar-refractivity contribution >= 4 is 5.91 Å². The van der Waals surface area contributed by atoms with Crippen LogP contribution in [0.5, 0.6) is 0 Å². The first-order valence-corrected chi connectivity index (χ1v) is 10.4. The fourth-order valence-electron chi connectivity index (χ4n) is 3.44. The fraction of sp³-hybridized carbons (Fsp3) is 0.375. The third-order valence-corrected chi connectivity index (χ3v) is 5.06. The van der Waals surface area contributed by atoms with E-state index < -0.39 is 0 Å². The third kappa shape index (κ3) is 5.76. The lowest BCUT2D eigenvalue weighted by Gasteiger charge is -2.24. The second-order valence-corrected chi connectivity index (χ2v) is 7.93. The monoisotopic (exact) mass is 405 g/mol. The van der Waals surface area contributed by atoms with E-state index in [9.17, 15) is 4.79 Å². The van der Waals surface area contributed by atoms with Crippen molar-refractivity contribution in [3.05, 3.63) is 77.2 Å². The zero-order chi connectivity index (χ0) is 21.5. The Hall–Kier alpha value is -2.99. The number of pyridine rings is 1. The number of nitrogens with zero attached hydrogens (tertiary/aromatic N) is 5. The Kier molecular flexibility index (Phi) is 7.36. The predicted octanol–water partition coefficient (Wildman–Crippen LogP) is 3.52. The summed E-state index contributed by atoms with van der Waals surface area (Å²) in [5.41, 5.74) is 3.88. The molecule has 0 aliphatic carbocycles. The zero-order valence-corrected chi connectivity index (χ0v) is 18.4. The number of carbonyl (C=O) groups excluding carboxylic acids is 1. The number of carbonyl (C=O) groups is 1. The van der Waals surface area contributed by atoms with Crippen molar-refractivity contribution in [1.82, 2.24) is 24.6 Å². The summed E-state index contributed by atoms with van der Waals surface area (Å²) in [6.45, 7) is 6.20. The van der Waals surface area contributed by atoms with Gasteiger partial charge in [0.2, 0.25) is 0 Å². The lowest BCUT2D eigenvalue weighted by Crippen LogP contribution is -2.37. The van der Waals surface area contributed by atoms with Crippen molar-refractivity contribution in [3.63, 3.8) is 0 Å². The largest absolute Gasteiger partial charge is 0.337 e. The molecule has 1 amide bonds. The minimum atomic E-state index is 0.0253. The number of amides is 1. The van der Waals surface area contributed by atoms with Crippen LogP contribution in [0.2, 0.25) is 0 Å². The zero-order valence-electron chi connectivity index (χ0n) is 18.4. The second-order valence-electron chi connectivity index (χ2n) is 7.93. The third-order valence-electron chi connectivity index (χ3n) is 5.06. The Balaban J connectivity index is 1.68. The Morgan fingerprint density at radius 2 is 1.77 bits per heavy atom. The maximum atomic E-state index is 13.2. The van der Waals surface area contributed by atoms with E-state index in [1.165, 1.54) is 5.56 Å². The van der Waals surface area contributed by atoms with Crippen LogP contribution in [0.15, 0.2) is 54.7 Å². The van der Waals surface area contributed by atoms with Crippen LogP contribution in [0, 0.1) is 13.8 Å². The molecule has 0 aliphatic heterocycles. The molecule has 3 aromatic rings. The van der Waals surface area contributed by atoms with E-state index in [2.05, 4.69) is 39.2 Å². The second kappa shape index (κ2) is 10.2. The minimum absolute atomic E-state index is 0.0253. The molecule has 0 spiro atoms. The highest BCUT2D eigenvalue weighted by Crippen LogP contribution is 2.12. The fourth-order valence-corrected chi connectivity index (χ4v) is 3.44. The maximum Gasteiger partial charge on any atom is 0.255 e. The SMILES string of the molecule is Cc1cc(C)n(-c2ccc(C(=O)N(CCCc3ccccc3)CCN(C)C)cn2)n1. The van der Waals surface area contributed by atoms with Crippen molar-refractivity contribution in [2.45, 2.75) is 26.7 Å². The summed E-state index contributed by atoms with van der Waals surface area (Å²) in [6.07, 6.45) is 3.55. The number of benzene rings is 1. The average molecular weight is 406 g/mol. The van der Waals surface area contributed by atoms with Crippen LogP contribution in [-0.4, -0.2) is 64.2 Å². The molecule has 0 unspecified atom stereocenters. The Morgan fingerprint density at radius 1 is 1.00 bits per heavy atom. The van der Waals surface area contributed by atoms with Crippen molar-refractivity contribution in [2.24, 2.45) is 0 Å². The standard InChI is InChI=1S/C24H31N5O/c1-19-17-20(2)29(26-19)23-13-12-22(18-25-23)24(30)28(16-15-27(3)4)14-8-11-21-9-6-5-7-10-21/h5-7,9-10,12-13,17-18H,8,11,14-16H2,1-4H3. The molecule has 6 nitrogen and oxygen atoms in total. The van der Waals surface area contributed by atoms with Gasteiger partial charge in [-0.1, -0.05) is 30.3 Å². The van der Waals surface area contributed by atoms with E-state index in [0.29, 0.717) is 12.1 Å². The predicted molar refractivity (Wildman–Crippen MR) is 120 cm³/mol. The van der Waals surface area contributed by atoms with Crippen LogP contribution in [0.3, 0.4) is 0 Å². The summed E-state index contributed by atoms with van der Waals surface area (Å²) < 4.78 is 1.80. The lowest BCUT2D eigenvalue weighted by molar-refractivity contribution is 0.0742. The van der Waals surface area contributed by atoms with Gasteiger partial charge in [0.25, 0.3) is 5.91 Å². The highest BCUT2D eigenvalue weighted by Gasteiger charge is 2.17. The van der Waals surface area contributed by atoms with Gasteiger partial charge in [0.15, 0.2) is 5.82 Å². The quantitative estimate of drug-likeness (QED) is 0.547. The molecular formula is C24H31N5O. The molecule has 1 aromatic carbocycles. The molecule has 0 saturated carbocycles. The molecule has 0 N–H and O–H groups in total. The van der Waals surface area contributed by atoms with E-state index in [1.807, 2.05) is 57.1 Å². The number of hydrogen-bond donors (Lipinski definition) is 0. The van der Waals surface area contributed by atoms with E-state index in [-0.39, 0.29) is 5.91 Å². The van der Waals surface area contributed by atoms with Gasteiger partial charge in [0, 0.05) is 31.5 Å². The molecule has 6 heteroatoms. The van der Waals surface area contributed by atoms with E-state index in [0.717, 1.165) is 43.1 Å². The summed E-state index contributed by atoms with van der Waals surface area (Å²) in [4.78, 5) is 21.7. The van der Waals surface area contributed by atoms with E-state index in [4.69, 9.17) is 0 Å². The first-order valence-electron chi connectivity index (χ1n) is 10.4. The van der Waals surface area contributed by atoms with Crippen LogP contribution in [0.4, 0.5) is 0 Å². The highest BCUT2D eigenvalue weighted by atomic mass is 16.2. The molecule has 30 heavy (non-hydrogen) atoms. The van der Waals surface area contributed by atoms with Crippen molar-refractivity contribution in [2.75, 3.05) is 33.7 Å². The van der Waals surface area contributed by atoms with Crippen LogP contribution in [0.25, 0.3) is 5.82 Å². The minimum Gasteiger partial charge on any atom is -0.337 e. The summed E-state index contributed by atoms with van der Waals surface area (Å²) in [6, 6.07) is 16.1. The average Bonchev–Trinajstić information content (AvgIpc) is 3.08. The van der Waals surface area contributed by atoms with Gasteiger partial charge >= 0.3 is 0 Å². The topological polar surface area (TPSA) is 54.3 Å². The Labute approximate surface area is 179 Å². The summed E-state index contributed by atoms with van der Waals surface area (Å²) >= 11 is 0. The number of hydrogen-bond acceptors (Lipinski definition) is 4. The summed E-state index contributed by atoms with van der Waals surface area (Å²) in [5.74, 6) is 0.749. The molecule has 2 aromatic heterocycles. The molecule has 2 heterocycles. The van der Waals surface area contributed by atoms with Gasteiger partial charge in [0.1, 0.15) is 0 Å². The smallest absolute Gasteiger partial charge is 0.255 e. The van der Waals surface area contributed by atoms with E-state index in [1.54, 1.807) is 10.9 Å². The molecule has 0 atom stereocenters. The van der Waals surface area contributed by atoms with Crippen LogP contribution in [0.1, 0.15) is 33.7 Å². The molecule has 0 bridgehead atoms. The van der Waals surface area contributed by atoms with Gasteiger partial charge in [-0.25, -0.2) is 9.67 Å². The first kappa shape index (κ1) is 21.7. The molecule has 158 valence electrons. The Bertz CT molecular complexity index is 947. The molecule has 0 fully saturated rings. The highest BCUT2D eigenvalue weighted by molar-refractivity contribution is 5.94. The first-order chi connectivity index (χ1) is 14.4. The van der Waals surface area contributed by atoms with Gasteiger partial charge in [-0.2, -0.15) is 5.10 Å². The summed E-state index contributed by atoms with van der Waals surface area (Å²) in [7, 11) is 4.05. The molecule has 0 radical (unpaired) electrons. The van der Waals surface area contributed by atoms with Gasteiger partial charge in [-0.15, -0.1) is 0 Å². The van der Waals surface area contributed by atoms with Crippen molar-refractivity contribution in [1.29, 1.82) is 0 Å². The molecule has 0 saturated heterocycles.